The van der Waals surface area contributed by atoms with Crippen molar-refractivity contribution in [3.8, 4) is 0 Å². The number of urea groups is 1. The smallest absolute Gasteiger partial charge is 0.319 e. The summed E-state index contributed by atoms with van der Waals surface area (Å²) in [5.41, 5.74) is 1.20. The van der Waals surface area contributed by atoms with Crippen LogP contribution in [-0.4, -0.2) is 42.9 Å². The highest BCUT2D eigenvalue weighted by Crippen LogP contribution is 2.10. The van der Waals surface area contributed by atoms with Gasteiger partial charge >= 0.3 is 6.03 Å². The van der Waals surface area contributed by atoms with Crippen molar-refractivity contribution in [1.29, 1.82) is 0 Å². The van der Waals surface area contributed by atoms with Crippen LogP contribution in [0.15, 0.2) is 24.3 Å². The van der Waals surface area contributed by atoms with E-state index in [2.05, 4.69) is 29.4 Å². The predicted molar refractivity (Wildman–Crippen MR) is 81.2 cm³/mol. The Kier molecular flexibility index (Phi) is 6.18. The standard InChI is InChI=1S/C15H23N3O2/c1-11(2)18(4)9-8-16-15(20)17-14-7-5-6-13(10-14)12(3)19/h5-7,10-11H,8-9H2,1-4H3,(H2,16,17,20). The molecule has 1 rings (SSSR count). The molecule has 0 saturated heterocycles. The Hall–Kier alpha value is -1.88. The summed E-state index contributed by atoms with van der Waals surface area (Å²) >= 11 is 0. The summed E-state index contributed by atoms with van der Waals surface area (Å²) in [5.74, 6) is -0.0207. The molecule has 0 heterocycles. The predicted octanol–water partition coefficient (Wildman–Crippen LogP) is 2.35. The summed E-state index contributed by atoms with van der Waals surface area (Å²) < 4.78 is 0. The van der Waals surface area contributed by atoms with E-state index in [4.69, 9.17) is 0 Å². The summed E-state index contributed by atoms with van der Waals surface area (Å²) in [7, 11) is 2.01. The second-order valence-corrected chi connectivity index (χ2v) is 5.09. The highest BCUT2D eigenvalue weighted by molar-refractivity contribution is 5.96. The lowest BCUT2D eigenvalue weighted by Gasteiger charge is -2.20. The monoisotopic (exact) mass is 277 g/mol. The molecular weight excluding hydrogens is 254 g/mol. The molecule has 0 fully saturated rings. The first-order valence-corrected chi connectivity index (χ1v) is 6.76. The average molecular weight is 277 g/mol. The lowest BCUT2D eigenvalue weighted by molar-refractivity contribution is 0.101. The third-order valence-electron chi connectivity index (χ3n) is 3.16. The van der Waals surface area contributed by atoms with Gasteiger partial charge in [-0.3, -0.25) is 4.79 Å². The van der Waals surface area contributed by atoms with Crippen LogP contribution in [0.1, 0.15) is 31.1 Å². The van der Waals surface area contributed by atoms with Gasteiger partial charge in [0.05, 0.1) is 0 Å². The molecule has 0 radical (unpaired) electrons. The fourth-order valence-corrected chi connectivity index (χ4v) is 1.60. The van der Waals surface area contributed by atoms with Gasteiger partial charge in [-0.05, 0) is 40.0 Å². The van der Waals surface area contributed by atoms with Crippen LogP contribution in [0.5, 0.6) is 0 Å². The van der Waals surface area contributed by atoms with Crippen LogP contribution in [0, 0.1) is 0 Å². The Morgan fingerprint density at radius 1 is 1.30 bits per heavy atom. The quantitative estimate of drug-likeness (QED) is 0.785. The Bertz CT molecular complexity index is 472. The van der Waals surface area contributed by atoms with E-state index in [1.807, 2.05) is 7.05 Å². The fraction of sp³-hybridized carbons (Fsp3) is 0.467. The number of amides is 2. The van der Waals surface area contributed by atoms with Crippen molar-refractivity contribution >= 4 is 17.5 Å². The highest BCUT2D eigenvalue weighted by atomic mass is 16.2. The average Bonchev–Trinajstić information content (AvgIpc) is 2.38. The molecule has 0 saturated carbocycles. The minimum Gasteiger partial charge on any atom is -0.337 e. The number of carbonyl (C=O) groups is 2. The van der Waals surface area contributed by atoms with Gasteiger partial charge in [-0.25, -0.2) is 4.79 Å². The van der Waals surface area contributed by atoms with E-state index in [-0.39, 0.29) is 11.8 Å². The van der Waals surface area contributed by atoms with Crippen molar-refractivity contribution in [1.82, 2.24) is 10.2 Å². The van der Waals surface area contributed by atoms with Crippen LogP contribution in [0.4, 0.5) is 10.5 Å². The Labute approximate surface area is 120 Å². The third kappa shape index (κ3) is 5.40. The molecule has 5 heteroatoms. The van der Waals surface area contributed by atoms with Crippen molar-refractivity contribution in [3.05, 3.63) is 29.8 Å². The molecule has 0 aliphatic heterocycles. The summed E-state index contributed by atoms with van der Waals surface area (Å²) in [6.07, 6.45) is 0. The molecular formula is C15H23N3O2. The van der Waals surface area contributed by atoms with Gasteiger partial charge in [-0.15, -0.1) is 0 Å². The maximum Gasteiger partial charge on any atom is 0.319 e. The van der Waals surface area contributed by atoms with Crippen LogP contribution in [0.3, 0.4) is 0 Å². The zero-order chi connectivity index (χ0) is 15.1. The number of Topliss-reactive ketones (excluding diaryl/α,β-unsaturated/α-hetero) is 1. The van der Waals surface area contributed by atoms with E-state index in [1.165, 1.54) is 6.92 Å². The van der Waals surface area contributed by atoms with Crippen molar-refractivity contribution in [2.45, 2.75) is 26.8 Å². The number of benzene rings is 1. The number of rotatable bonds is 6. The molecule has 2 N–H and O–H groups in total. The molecule has 1 aromatic carbocycles. The molecule has 1 aromatic rings. The molecule has 0 aliphatic rings. The van der Waals surface area contributed by atoms with Crippen molar-refractivity contribution < 1.29 is 9.59 Å². The molecule has 110 valence electrons. The SMILES string of the molecule is CC(=O)c1cccc(NC(=O)NCCN(C)C(C)C)c1. The number of carbonyl (C=O) groups excluding carboxylic acids is 2. The summed E-state index contributed by atoms with van der Waals surface area (Å²) in [6, 6.07) is 7.09. The number of hydrogen-bond donors (Lipinski definition) is 2. The van der Waals surface area contributed by atoms with E-state index >= 15 is 0 Å². The van der Waals surface area contributed by atoms with Gasteiger partial charge in [0, 0.05) is 30.4 Å². The van der Waals surface area contributed by atoms with Crippen molar-refractivity contribution in [2.24, 2.45) is 0 Å². The van der Waals surface area contributed by atoms with Gasteiger partial charge in [0.25, 0.3) is 0 Å². The van der Waals surface area contributed by atoms with Gasteiger partial charge in [0.1, 0.15) is 0 Å². The summed E-state index contributed by atoms with van der Waals surface area (Å²) in [5, 5.41) is 5.51. The van der Waals surface area contributed by atoms with Gasteiger partial charge in [0.15, 0.2) is 5.78 Å². The number of likely N-dealkylation sites (N-methyl/N-ethyl adjacent to an activating group) is 1. The Morgan fingerprint density at radius 3 is 2.60 bits per heavy atom. The first-order chi connectivity index (χ1) is 9.40. The van der Waals surface area contributed by atoms with Crippen molar-refractivity contribution in [3.63, 3.8) is 0 Å². The lowest BCUT2D eigenvalue weighted by Crippen LogP contribution is -2.37. The Morgan fingerprint density at radius 2 is 2.00 bits per heavy atom. The van der Waals surface area contributed by atoms with E-state index in [9.17, 15) is 9.59 Å². The topological polar surface area (TPSA) is 61.4 Å². The fourth-order valence-electron chi connectivity index (χ4n) is 1.60. The third-order valence-corrected chi connectivity index (χ3v) is 3.16. The van der Waals surface area contributed by atoms with E-state index in [1.54, 1.807) is 24.3 Å². The van der Waals surface area contributed by atoms with Crippen LogP contribution in [0.25, 0.3) is 0 Å². The molecule has 0 bridgehead atoms. The Balaban J connectivity index is 2.43. The maximum atomic E-state index is 11.7. The maximum absolute atomic E-state index is 11.7. The van der Waals surface area contributed by atoms with Crippen LogP contribution < -0.4 is 10.6 Å². The second kappa shape index (κ2) is 7.65. The normalized spacial score (nSPS) is 10.7. The minimum absolute atomic E-state index is 0.0207. The number of hydrogen-bond acceptors (Lipinski definition) is 3. The molecule has 0 spiro atoms. The van der Waals surface area contributed by atoms with Gasteiger partial charge in [-0.1, -0.05) is 12.1 Å². The molecule has 0 aromatic heterocycles. The van der Waals surface area contributed by atoms with Crippen molar-refractivity contribution in [2.75, 3.05) is 25.5 Å². The summed E-state index contributed by atoms with van der Waals surface area (Å²) in [4.78, 5) is 25.1. The van der Waals surface area contributed by atoms with E-state index < -0.39 is 0 Å². The van der Waals surface area contributed by atoms with Gasteiger partial charge in [-0.2, -0.15) is 0 Å². The number of ketones is 1. The molecule has 0 atom stereocenters. The minimum atomic E-state index is -0.261. The first-order valence-electron chi connectivity index (χ1n) is 6.76. The summed E-state index contributed by atoms with van der Waals surface area (Å²) in [6.45, 7) is 7.08. The molecule has 2 amide bonds. The zero-order valence-electron chi connectivity index (χ0n) is 12.6. The molecule has 0 aliphatic carbocycles. The van der Waals surface area contributed by atoms with Gasteiger partial charge in [0.2, 0.25) is 0 Å². The number of nitrogens with zero attached hydrogens (tertiary/aromatic N) is 1. The molecule has 5 nitrogen and oxygen atoms in total. The largest absolute Gasteiger partial charge is 0.337 e. The zero-order valence-corrected chi connectivity index (χ0v) is 12.6. The van der Waals surface area contributed by atoms with E-state index in [0.29, 0.717) is 23.8 Å². The van der Waals surface area contributed by atoms with Crippen LogP contribution in [-0.2, 0) is 0 Å². The van der Waals surface area contributed by atoms with Crippen LogP contribution >= 0.6 is 0 Å². The van der Waals surface area contributed by atoms with E-state index in [0.717, 1.165) is 6.54 Å². The molecule has 20 heavy (non-hydrogen) atoms. The highest BCUT2D eigenvalue weighted by Gasteiger charge is 2.06. The lowest BCUT2D eigenvalue weighted by atomic mass is 10.1. The number of nitrogens with one attached hydrogen (secondary N) is 2. The number of anilines is 1. The van der Waals surface area contributed by atoms with Crippen LogP contribution in [0.2, 0.25) is 0 Å². The first kappa shape index (κ1) is 16.2. The second-order valence-electron chi connectivity index (χ2n) is 5.09. The van der Waals surface area contributed by atoms with Gasteiger partial charge < -0.3 is 15.5 Å². The molecule has 0 unspecified atom stereocenters.